The van der Waals surface area contributed by atoms with E-state index in [2.05, 4.69) is 13.5 Å². The Morgan fingerprint density at radius 2 is 2.43 bits per heavy atom. The van der Waals surface area contributed by atoms with Crippen LogP contribution in [-0.4, -0.2) is 11.6 Å². The topological polar surface area (TPSA) is 26.3 Å². The first-order valence-corrected chi connectivity index (χ1v) is 5.55. The van der Waals surface area contributed by atoms with Gasteiger partial charge in [0, 0.05) is 11.8 Å². The third kappa shape index (κ3) is 1.20. The average Bonchev–Trinajstić information content (AvgIpc) is 2.63. The Balaban J connectivity index is 2.22. The van der Waals surface area contributed by atoms with Crippen LogP contribution in [0, 0.1) is 11.8 Å². The molecule has 1 saturated heterocycles. The van der Waals surface area contributed by atoms with Crippen LogP contribution >= 0.6 is 0 Å². The van der Waals surface area contributed by atoms with Crippen LogP contribution in [0.15, 0.2) is 12.7 Å². The smallest absolute Gasteiger partial charge is 0.306 e. The molecule has 2 nitrogen and oxygen atoms in total. The molecule has 2 fully saturated rings. The van der Waals surface area contributed by atoms with Crippen molar-refractivity contribution >= 4 is 5.97 Å². The van der Waals surface area contributed by atoms with Crippen molar-refractivity contribution in [2.75, 3.05) is 0 Å². The van der Waals surface area contributed by atoms with Crippen molar-refractivity contribution in [3.8, 4) is 0 Å². The number of carbonyl (C=O) groups is 1. The van der Waals surface area contributed by atoms with Crippen LogP contribution in [0.25, 0.3) is 0 Å². The number of allylic oxidation sites excluding steroid dienone is 1. The molecule has 1 heterocycles. The number of hydrogen-bond donors (Lipinski definition) is 0. The van der Waals surface area contributed by atoms with Crippen LogP contribution in [0.5, 0.6) is 0 Å². The van der Waals surface area contributed by atoms with E-state index in [0.29, 0.717) is 18.3 Å². The van der Waals surface area contributed by atoms with Crippen molar-refractivity contribution in [3.63, 3.8) is 0 Å². The molecule has 14 heavy (non-hydrogen) atoms. The van der Waals surface area contributed by atoms with Gasteiger partial charge in [-0.3, -0.25) is 4.79 Å². The number of hydrogen-bond acceptors (Lipinski definition) is 2. The molecule has 0 spiro atoms. The zero-order valence-electron chi connectivity index (χ0n) is 8.79. The molecule has 2 rings (SSSR count). The minimum Gasteiger partial charge on any atom is -0.458 e. The molecule has 0 radical (unpaired) electrons. The lowest BCUT2D eigenvalue weighted by atomic mass is 9.81. The van der Waals surface area contributed by atoms with Gasteiger partial charge in [0.2, 0.25) is 0 Å². The first kappa shape index (κ1) is 9.75. The molecule has 0 unspecified atom stereocenters. The molecule has 0 aromatic heterocycles. The van der Waals surface area contributed by atoms with Crippen molar-refractivity contribution < 1.29 is 9.53 Å². The summed E-state index contributed by atoms with van der Waals surface area (Å²) in [6.45, 7) is 5.91. The number of ether oxygens (including phenoxy) is 1. The summed E-state index contributed by atoms with van der Waals surface area (Å²) in [6, 6.07) is 0. The van der Waals surface area contributed by atoms with Crippen molar-refractivity contribution in [2.24, 2.45) is 11.8 Å². The Bertz CT molecular complexity index is 259. The maximum absolute atomic E-state index is 11.3. The van der Waals surface area contributed by atoms with Gasteiger partial charge in [-0.15, -0.1) is 6.58 Å². The van der Waals surface area contributed by atoms with Crippen molar-refractivity contribution in [1.82, 2.24) is 0 Å². The van der Waals surface area contributed by atoms with Gasteiger partial charge in [-0.1, -0.05) is 13.0 Å². The maximum atomic E-state index is 11.3. The molecule has 1 aliphatic carbocycles. The lowest BCUT2D eigenvalue weighted by Gasteiger charge is -2.32. The third-order valence-electron chi connectivity index (χ3n) is 3.97. The van der Waals surface area contributed by atoms with Crippen molar-refractivity contribution in [1.29, 1.82) is 0 Å². The van der Waals surface area contributed by atoms with Crippen LogP contribution in [0.4, 0.5) is 0 Å². The first-order valence-electron chi connectivity index (χ1n) is 5.55. The minimum atomic E-state index is -0.134. The standard InChI is InChI=1S/C12H18O2/c1-3-5-9-6-7-10-8-11(13)14-12(9,10)4-2/h3,9-10H,1,4-8H2,2H3/t9-,10-,12-/m0/s1. The molecule has 0 amide bonds. The van der Waals surface area contributed by atoms with Gasteiger partial charge in [0.1, 0.15) is 5.60 Å². The summed E-state index contributed by atoms with van der Waals surface area (Å²) < 4.78 is 5.60. The average molecular weight is 194 g/mol. The molecule has 1 saturated carbocycles. The molecule has 0 bridgehead atoms. The zero-order valence-corrected chi connectivity index (χ0v) is 8.79. The molecule has 2 aliphatic rings. The molecular formula is C12H18O2. The van der Waals surface area contributed by atoms with Crippen LogP contribution in [0.3, 0.4) is 0 Å². The summed E-state index contributed by atoms with van der Waals surface area (Å²) >= 11 is 0. The van der Waals surface area contributed by atoms with Gasteiger partial charge in [-0.2, -0.15) is 0 Å². The van der Waals surface area contributed by atoms with E-state index in [1.807, 2.05) is 6.08 Å². The van der Waals surface area contributed by atoms with Crippen molar-refractivity contribution in [3.05, 3.63) is 12.7 Å². The molecule has 0 N–H and O–H groups in total. The summed E-state index contributed by atoms with van der Waals surface area (Å²) in [4.78, 5) is 11.3. The number of rotatable bonds is 3. The van der Waals surface area contributed by atoms with E-state index < -0.39 is 0 Å². The lowest BCUT2D eigenvalue weighted by molar-refractivity contribution is -0.153. The molecule has 0 aromatic carbocycles. The van der Waals surface area contributed by atoms with Crippen LogP contribution in [-0.2, 0) is 9.53 Å². The predicted molar refractivity (Wildman–Crippen MR) is 54.8 cm³/mol. The SMILES string of the molecule is C=CC[C@H]1CC[C@H]2CC(=O)O[C@@]12CC. The fourth-order valence-corrected chi connectivity index (χ4v) is 3.29. The fourth-order valence-electron chi connectivity index (χ4n) is 3.29. The lowest BCUT2D eigenvalue weighted by Crippen LogP contribution is -2.37. The van der Waals surface area contributed by atoms with Gasteiger partial charge in [0.05, 0.1) is 6.42 Å². The highest BCUT2D eigenvalue weighted by Gasteiger charge is 2.56. The predicted octanol–water partition coefficient (Wildman–Crippen LogP) is 2.68. The normalized spacial score (nSPS) is 40.8. The van der Waals surface area contributed by atoms with Crippen LogP contribution in [0.2, 0.25) is 0 Å². The minimum absolute atomic E-state index is 0.00520. The highest BCUT2D eigenvalue weighted by Crippen LogP contribution is 2.52. The maximum Gasteiger partial charge on any atom is 0.306 e. The quantitative estimate of drug-likeness (QED) is 0.510. The van der Waals surface area contributed by atoms with E-state index >= 15 is 0 Å². The largest absolute Gasteiger partial charge is 0.458 e. The Labute approximate surface area is 85.3 Å². The number of fused-ring (bicyclic) bond motifs is 1. The van der Waals surface area contributed by atoms with Gasteiger partial charge in [-0.25, -0.2) is 0 Å². The van der Waals surface area contributed by atoms with Crippen LogP contribution < -0.4 is 0 Å². The second kappa shape index (κ2) is 3.41. The van der Waals surface area contributed by atoms with Gasteiger partial charge < -0.3 is 4.74 Å². The van der Waals surface area contributed by atoms with E-state index in [1.165, 1.54) is 6.42 Å². The highest BCUT2D eigenvalue weighted by atomic mass is 16.6. The van der Waals surface area contributed by atoms with Gasteiger partial charge in [0.25, 0.3) is 0 Å². The second-order valence-corrected chi connectivity index (χ2v) is 4.48. The van der Waals surface area contributed by atoms with Crippen molar-refractivity contribution in [2.45, 2.75) is 44.6 Å². The van der Waals surface area contributed by atoms with Gasteiger partial charge >= 0.3 is 5.97 Å². The molecular weight excluding hydrogens is 176 g/mol. The number of carbonyl (C=O) groups excluding carboxylic acids is 1. The summed E-state index contributed by atoms with van der Waals surface area (Å²) in [6.07, 6.45) is 6.88. The van der Waals surface area contributed by atoms with E-state index in [9.17, 15) is 4.79 Å². The molecule has 78 valence electrons. The van der Waals surface area contributed by atoms with Gasteiger partial charge in [-0.05, 0) is 25.7 Å². The summed E-state index contributed by atoms with van der Waals surface area (Å²) in [7, 11) is 0. The summed E-state index contributed by atoms with van der Waals surface area (Å²) in [5.41, 5.74) is -0.134. The van der Waals surface area contributed by atoms with E-state index in [1.54, 1.807) is 0 Å². The second-order valence-electron chi connectivity index (χ2n) is 4.48. The molecule has 3 atom stereocenters. The third-order valence-corrected chi connectivity index (χ3v) is 3.97. The number of esters is 1. The Hall–Kier alpha value is -0.790. The van der Waals surface area contributed by atoms with Gasteiger partial charge in [0.15, 0.2) is 0 Å². The molecule has 2 heteroatoms. The van der Waals surface area contributed by atoms with Crippen LogP contribution in [0.1, 0.15) is 39.0 Å². The summed E-state index contributed by atoms with van der Waals surface area (Å²) in [5.74, 6) is 0.997. The Kier molecular flexibility index (Phi) is 2.38. The molecule has 0 aromatic rings. The Morgan fingerprint density at radius 1 is 1.64 bits per heavy atom. The monoisotopic (exact) mass is 194 g/mol. The van der Waals surface area contributed by atoms with E-state index in [-0.39, 0.29) is 11.6 Å². The fraction of sp³-hybridized carbons (Fsp3) is 0.750. The zero-order chi connectivity index (χ0) is 10.2. The van der Waals surface area contributed by atoms with E-state index in [0.717, 1.165) is 19.3 Å². The van der Waals surface area contributed by atoms with E-state index in [4.69, 9.17) is 4.74 Å². The molecule has 1 aliphatic heterocycles. The highest BCUT2D eigenvalue weighted by molar-refractivity contribution is 5.73. The first-order chi connectivity index (χ1) is 6.73. The summed E-state index contributed by atoms with van der Waals surface area (Å²) in [5, 5.41) is 0. The Morgan fingerprint density at radius 3 is 3.07 bits per heavy atom.